The molecular weight excluding hydrogens is 120 g/mol. The second-order valence-electron chi connectivity index (χ2n) is 1.46. The first-order chi connectivity index (χ1) is 4.39. The maximum atomic E-state index is 10.5. The topological polar surface area (TPSA) is 35.5 Å². The van der Waals surface area contributed by atoms with Crippen molar-refractivity contribution in [2.24, 2.45) is 0 Å². The summed E-state index contributed by atoms with van der Waals surface area (Å²) in [5.41, 5.74) is 0. The van der Waals surface area contributed by atoms with Gasteiger partial charge < -0.3 is 9.47 Å². The molecule has 0 spiro atoms. The van der Waals surface area contributed by atoms with E-state index in [9.17, 15) is 4.79 Å². The fourth-order valence-electron chi connectivity index (χ4n) is 0.404. The molecule has 0 aliphatic carbocycles. The third kappa shape index (κ3) is 1.99. The van der Waals surface area contributed by atoms with Crippen molar-refractivity contribution in [3.05, 3.63) is 24.7 Å². The zero-order valence-electron chi connectivity index (χ0n) is 4.74. The second kappa shape index (κ2) is 2.91. The lowest BCUT2D eigenvalue weighted by Crippen LogP contribution is -1.95. The Hall–Kier alpha value is -1.25. The summed E-state index contributed by atoms with van der Waals surface area (Å²) in [6.07, 6.45) is 5.29. The molecule has 48 valence electrons. The van der Waals surface area contributed by atoms with Gasteiger partial charge in [-0.3, -0.25) is 4.79 Å². The Bertz CT molecular complexity index is 142. The molecule has 0 radical (unpaired) electrons. The monoisotopic (exact) mass is 126 g/mol. The molecule has 3 nitrogen and oxygen atoms in total. The fourth-order valence-corrected chi connectivity index (χ4v) is 0.404. The largest absolute Gasteiger partial charge is 0.465 e. The summed E-state index contributed by atoms with van der Waals surface area (Å²) in [7, 11) is 0. The van der Waals surface area contributed by atoms with Gasteiger partial charge in [0.1, 0.15) is 0 Å². The van der Waals surface area contributed by atoms with Crippen molar-refractivity contribution in [2.45, 2.75) is 0 Å². The van der Waals surface area contributed by atoms with E-state index in [4.69, 9.17) is 0 Å². The van der Waals surface area contributed by atoms with E-state index in [1.807, 2.05) is 0 Å². The van der Waals surface area contributed by atoms with E-state index in [-0.39, 0.29) is 12.6 Å². The number of carbonyl (C=O) groups excluding carboxylic acids is 1. The molecule has 0 atom stereocenters. The summed E-state index contributed by atoms with van der Waals surface area (Å²) in [5, 5.41) is 0. The summed E-state index contributed by atoms with van der Waals surface area (Å²) < 4.78 is 9.34. The van der Waals surface area contributed by atoms with Gasteiger partial charge in [-0.2, -0.15) is 0 Å². The zero-order chi connectivity index (χ0) is 6.53. The standard InChI is InChI=1S/C6H6O3/c7-6-1-3-8-5-9-4-2-6/h1-4H,5H2. The van der Waals surface area contributed by atoms with Gasteiger partial charge in [0.15, 0.2) is 5.78 Å². The summed E-state index contributed by atoms with van der Waals surface area (Å²) in [6.45, 7) is 0.167. The average molecular weight is 126 g/mol. The van der Waals surface area contributed by atoms with Gasteiger partial charge in [0.2, 0.25) is 6.79 Å². The highest BCUT2D eigenvalue weighted by Crippen LogP contribution is 1.89. The highest BCUT2D eigenvalue weighted by molar-refractivity contribution is 5.98. The summed E-state index contributed by atoms with van der Waals surface area (Å²) in [6, 6.07) is 0. The number of rotatable bonds is 0. The van der Waals surface area contributed by atoms with Gasteiger partial charge in [0.05, 0.1) is 12.5 Å². The van der Waals surface area contributed by atoms with Crippen LogP contribution in [0.4, 0.5) is 0 Å². The van der Waals surface area contributed by atoms with Gasteiger partial charge in [-0.1, -0.05) is 0 Å². The van der Waals surface area contributed by atoms with Crippen LogP contribution in [0.5, 0.6) is 0 Å². The van der Waals surface area contributed by atoms with Gasteiger partial charge in [-0.25, -0.2) is 0 Å². The second-order valence-corrected chi connectivity index (χ2v) is 1.46. The molecule has 0 bridgehead atoms. The molecule has 0 aromatic heterocycles. The normalized spacial score (nSPS) is 17.6. The van der Waals surface area contributed by atoms with Gasteiger partial charge >= 0.3 is 0 Å². The van der Waals surface area contributed by atoms with Crippen LogP contribution < -0.4 is 0 Å². The van der Waals surface area contributed by atoms with Crippen molar-refractivity contribution < 1.29 is 14.3 Å². The maximum absolute atomic E-state index is 10.5. The van der Waals surface area contributed by atoms with Crippen LogP contribution in [0.15, 0.2) is 24.7 Å². The SMILES string of the molecule is O=C1C=COCOC=C1. The van der Waals surface area contributed by atoms with Crippen molar-refractivity contribution in [3.8, 4) is 0 Å². The van der Waals surface area contributed by atoms with Gasteiger partial charge in [-0.15, -0.1) is 0 Å². The molecule has 0 saturated heterocycles. The molecule has 0 amide bonds. The van der Waals surface area contributed by atoms with E-state index < -0.39 is 0 Å². The lowest BCUT2D eigenvalue weighted by atomic mass is 10.4. The van der Waals surface area contributed by atoms with Gasteiger partial charge in [0.25, 0.3) is 0 Å². The van der Waals surface area contributed by atoms with Gasteiger partial charge in [0, 0.05) is 12.2 Å². The molecular formula is C6H6O3. The Morgan fingerprint density at radius 1 is 1.22 bits per heavy atom. The van der Waals surface area contributed by atoms with Crippen LogP contribution in [0.3, 0.4) is 0 Å². The first-order valence-corrected chi connectivity index (χ1v) is 2.50. The summed E-state index contributed by atoms with van der Waals surface area (Å²) in [5.74, 6) is -0.130. The van der Waals surface area contributed by atoms with Crippen LogP contribution in [0.2, 0.25) is 0 Å². The summed E-state index contributed by atoms with van der Waals surface area (Å²) in [4.78, 5) is 10.5. The van der Waals surface area contributed by atoms with Crippen LogP contribution in [-0.2, 0) is 14.3 Å². The third-order valence-electron chi connectivity index (χ3n) is 0.793. The van der Waals surface area contributed by atoms with Crippen molar-refractivity contribution in [1.29, 1.82) is 0 Å². The lowest BCUT2D eigenvalue weighted by Gasteiger charge is -2.00. The molecule has 0 aromatic rings. The first kappa shape index (κ1) is 5.88. The predicted octanol–water partition coefficient (Wildman–Crippen LogP) is 0.587. The smallest absolute Gasteiger partial charge is 0.229 e. The van der Waals surface area contributed by atoms with Crippen LogP contribution in [0.25, 0.3) is 0 Å². The minimum atomic E-state index is -0.130. The molecule has 1 aliphatic rings. The summed E-state index contributed by atoms with van der Waals surface area (Å²) >= 11 is 0. The van der Waals surface area contributed by atoms with E-state index in [0.29, 0.717) is 0 Å². The van der Waals surface area contributed by atoms with Crippen molar-refractivity contribution in [2.75, 3.05) is 6.79 Å². The molecule has 9 heavy (non-hydrogen) atoms. The van der Waals surface area contributed by atoms with Gasteiger partial charge in [-0.05, 0) is 0 Å². The minimum absolute atomic E-state index is 0.130. The van der Waals surface area contributed by atoms with Crippen LogP contribution in [-0.4, -0.2) is 12.6 Å². The van der Waals surface area contributed by atoms with Crippen LogP contribution >= 0.6 is 0 Å². The van der Waals surface area contributed by atoms with Crippen molar-refractivity contribution >= 4 is 5.78 Å². The van der Waals surface area contributed by atoms with Crippen LogP contribution in [0.1, 0.15) is 0 Å². The molecule has 0 unspecified atom stereocenters. The minimum Gasteiger partial charge on any atom is -0.465 e. The zero-order valence-corrected chi connectivity index (χ0v) is 4.74. The molecule has 3 heteroatoms. The molecule has 0 fully saturated rings. The third-order valence-corrected chi connectivity index (χ3v) is 0.793. The van der Waals surface area contributed by atoms with E-state index in [1.54, 1.807) is 0 Å². The molecule has 0 aromatic carbocycles. The molecule has 1 rings (SSSR count). The maximum Gasteiger partial charge on any atom is 0.229 e. The fraction of sp³-hybridized carbons (Fsp3) is 0.167. The van der Waals surface area contributed by atoms with Crippen molar-refractivity contribution in [1.82, 2.24) is 0 Å². The van der Waals surface area contributed by atoms with E-state index >= 15 is 0 Å². The Kier molecular flexibility index (Phi) is 1.90. The molecule has 0 N–H and O–H groups in total. The van der Waals surface area contributed by atoms with Crippen LogP contribution in [0, 0.1) is 0 Å². The first-order valence-electron chi connectivity index (χ1n) is 2.50. The predicted molar refractivity (Wildman–Crippen MR) is 30.3 cm³/mol. The highest BCUT2D eigenvalue weighted by atomic mass is 16.7. The molecule has 1 heterocycles. The number of ketones is 1. The Morgan fingerprint density at radius 3 is 2.33 bits per heavy atom. The number of hydrogen-bond acceptors (Lipinski definition) is 3. The number of ether oxygens (including phenoxy) is 2. The van der Waals surface area contributed by atoms with Crippen molar-refractivity contribution in [3.63, 3.8) is 0 Å². The van der Waals surface area contributed by atoms with E-state index in [0.717, 1.165) is 0 Å². The Balaban J connectivity index is 2.55. The number of carbonyl (C=O) groups is 1. The lowest BCUT2D eigenvalue weighted by molar-refractivity contribution is -0.111. The quantitative estimate of drug-likeness (QED) is 0.476. The number of allylic oxidation sites excluding steroid dienone is 2. The van der Waals surface area contributed by atoms with E-state index in [1.165, 1.54) is 24.7 Å². The Morgan fingerprint density at radius 2 is 1.78 bits per heavy atom. The average Bonchev–Trinajstić information content (AvgIpc) is 1.79. The molecule has 1 aliphatic heterocycles. The Labute approximate surface area is 52.6 Å². The molecule has 0 saturated carbocycles. The van der Waals surface area contributed by atoms with E-state index in [2.05, 4.69) is 9.47 Å². The number of hydrogen-bond donors (Lipinski definition) is 0. The highest BCUT2D eigenvalue weighted by Gasteiger charge is 1.90.